The average molecular weight is 268 g/mol. The summed E-state index contributed by atoms with van der Waals surface area (Å²) in [4.78, 5) is 4.18. The monoisotopic (exact) mass is 267 g/mol. The zero-order valence-electron chi connectivity index (χ0n) is 9.66. The van der Waals surface area contributed by atoms with Gasteiger partial charge in [-0.3, -0.25) is 0 Å². The van der Waals surface area contributed by atoms with Gasteiger partial charge in [-0.15, -0.1) is 0 Å². The fraction of sp³-hybridized carbons (Fsp3) is 0.500. The Hall–Kier alpha value is -0.920. The Balaban J connectivity index is 2.07. The molecule has 5 heteroatoms. The standard InChI is InChI=1S/C12H14ClN3S/c1-17-12(4-2-5-12)8-16-11-10(13)9(7-14)3-6-15-11/h3,6H,2,4-5,8H2,1H3,(H,15,16). The lowest BCUT2D eigenvalue weighted by molar-refractivity contribution is 0.379. The SMILES string of the molecule is CSC1(CNc2nccc(C#N)c2Cl)CCC1. The predicted molar refractivity (Wildman–Crippen MR) is 72.5 cm³/mol. The maximum atomic E-state index is 8.88. The molecule has 1 aliphatic rings. The molecule has 1 aromatic rings. The zero-order chi connectivity index (χ0) is 12.3. The molecule has 1 fully saturated rings. The van der Waals surface area contributed by atoms with Crippen molar-refractivity contribution in [2.24, 2.45) is 0 Å². The first-order valence-electron chi connectivity index (χ1n) is 5.54. The minimum atomic E-state index is 0.327. The van der Waals surface area contributed by atoms with Crippen molar-refractivity contribution in [1.82, 2.24) is 4.98 Å². The second-order valence-corrected chi connectivity index (χ2v) is 5.88. The highest BCUT2D eigenvalue weighted by atomic mass is 35.5. The number of hydrogen-bond donors (Lipinski definition) is 1. The van der Waals surface area contributed by atoms with Crippen molar-refractivity contribution in [3.05, 3.63) is 22.8 Å². The largest absolute Gasteiger partial charge is 0.367 e. The maximum absolute atomic E-state index is 8.88. The van der Waals surface area contributed by atoms with Crippen LogP contribution in [0.15, 0.2) is 12.3 Å². The number of nitriles is 1. The van der Waals surface area contributed by atoms with Crippen LogP contribution in [0.2, 0.25) is 5.02 Å². The molecular formula is C12H14ClN3S. The van der Waals surface area contributed by atoms with E-state index in [1.165, 1.54) is 19.3 Å². The molecule has 3 nitrogen and oxygen atoms in total. The van der Waals surface area contributed by atoms with Crippen molar-refractivity contribution in [3.8, 4) is 6.07 Å². The number of nitrogens with zero attached hydrogens (tertiary/aromatic N) is 2. The highest BCUT2D eigenvalue weighted by Crippen LogP contribution is 2.42. The van der Waals surface area contributed by atoms with Crippen LogP contribution in [0.1, 0.15) is 24.8 Å². The fourth-order valence-electron chi connectivity index (χ4n) is 1.92. The van der Waals surface area contributed by atoms with Crippen LogP contribution >= 0.6 is 23.4 Å². The predicted octanol–water partition coefficient (Wildman–Crippen LogP) is 3.30. The van der Waals surface area contributed by atoms with E-state index in [-0.39, 0.29) is 0 Å². The molecule has 0 unspecified atom stereocenters. The van der Waals surface area contributed by atoms with Gasteiger partial charge in [0.2, 0.25) is 0 Å². The van der Waals surface area contributed by atoms with Crippen molar-refractivity contribution in [3.63, 3.8) is 0 Å². The van der Waals surface area contributed by atoms with Gasteiger partial charge in [-0.25, -0.2) is 4.98 Å². The van der Waals surface area contributed by atoms with Gasteiger partial charge in [-0.05, 0) is 25.2 Å². The molecule has 1 aliphatic carbocycles. The molecular weight excluding hydrogens is 254 g/mol. The second-order valence-electron chi connectivity index (χ2n) is 4.23. The summed E-state index contributed by atoms with van der Waals surface area (Å²) in [7, 11) is 0. The number of pyridine rings is 1. The Kier molecular flexibility index (Phi) is 3.80. The average Bonchev–Trinajstić information content (AvgIpc) is 2.30. The van der Waals surface area contributed by atoms with Gasteiger partial charge in [0.05, 0.1) is 5.56 Å². The Morgan fingerprint density at radius 1 is 1.65 bits per heavy atom. The topological polar surface area (TPSA) is 48.7 Å². The number of hydrogen-bond acceptors (Lipinski definition) is 4. The fourth-order valence-corrected chi connectivity index (χ4v) is 3.06. The van der Waals surface area contributed by atoms with Crippen LogP contribution in [0.4, 0.5) is 5.82 Å². The minimum Gasteiger partial charge on any atom is -0.367 e. The summed E-state index contributed by atoms with van der Waals surface area (Å²) < 4.78 is 0.327. The van der Waals surface area contributed by atoms with Crippen LogP contribution in [0.3, 0.4) is 0 Å². The molecule has 0 bridgehead atoms. The number of anilines is 1. The molecule has 1 heterocycles. The molecule has 1 aromatic heterocycles. The van der Waals surface area contributed by atoms with E-state index in [9.17, 15) is 0 Å². The molecule has 17 heavy (non-hydrogen) atoms. The van der Waals surface area contributed by atoms with Crippen molar-refractivity contribution in [2.75, 3.05) is 18.1 Å². The Morgan fingerprint density at radius 3 is 2.94 bits per heavy atom. The third kappa shape index (κ3) is 2.51. The summed E-state index contributed by atoms with van der Waals surface area (Å²) in [5.74, 6) is 0.617. The van der Waals surface area contributed by atoms with Gasteiger partial charge in [0.1, 0.15) is 16.9 Å². The molecule has 0 aliphatic heterocycles. The van der Waals surface area contributed by atoms with Gasteiger partial charge in [0, 0.05) is 17.5 Å². The van der Waals surface area contributed by atoms with E-state index >= 15 is 0 Å². The molecule has 0 amide bonds. The van der Waals surface area contributed by atoms with Crippen LogP contribution in [-0.4, -0.2) is 22.5 Å². The number of halogens is 1. The molecule has 0 saturated heterocycles. The van der Waals surface area contributed by atoms with Gasteiger partial charge >= 0.3 is 0 Å². The van der Waals surface area contributed by atoms with Crippen LogP contribution in [-0.2, 0) is 0 Å². The van der Waals surface area contributed by atoms with E-state index in [0.29, 0.717) is 21.2 Å². The highest BCUT2D eigenvalue weighted by Gasteiger charge is 2.36. The molecule has 0 atom stereocenters. The van der Waals surface area contributed by atoms with Crippen molar-refractivity contribution >= 4 is 29.2 Å². The minimum absolute atomic E-state index is 0.327. The van der Waals surface area contributed by atoms with Crippen molar-refractivity contribution in [2.45, 2.75) is 24.0 Å². The summed E-state index contributed by atoms with van der Waals surface area (Å²) in [6.45, 7) is 0.857. The normalized spacial score (nSPS) is 17.0. The van der Waals surface area contributed by atoms with Gasteiger partial charge in [-0.2, -0.15) is 17.0 Å². The van der Waals surface area contributed by atoms with Gasteiger partial charge in [0.25, 0.3) is 0 Å². The first kappa shape index (κ1) is 12.5. The molecule has 1 saturated carbocycles. The van der Waals surface area contributed by atoms with Gasteiger partial charge in [-0.1, -0.05) is 18.0 Å². The lowest BCUT2D eigenvalue weighted by Crippen LogP contribution is -2.40. The van der Waals surface area contributed by atoms with E-state index in [4.69, 9.17) is 16.9 Å². The third-order valence-electron chi connectivity index (χ3n) is 3.29. The molecule has 0 spiro atoms. The second kappa shape index (κ2) is 5.16. The van der Waals surface area contributed by atoms with Crippen LogP contribution in [0, 0.1) is 11.3 Å². The quantitative estimate of drug-likeness (QED) is 0.909. The molecule has 2 rings (SSSR count). The molecule has 0 radical (unpaired) electrons. The van der Waals surface area contributed by atoms with E-state index < -0.39 is 0 Å². The lowest BCUT2D eigenvalue weighted by Gasteiger charge is -2.40. The van der Waals surface area contributed by atoms with E-state index in [2.05, 4.69) is 22.6 Å². The number of nitrogens with one attached hydrogen (secondary N) is 1. The first-order valence-corrected chi connectivity index (χ1v) is 7.15. The number of aromatic nitrogens is 1. The Morgan fingerprint density at radius 2 is 2.41 bits per heavy atom. The third-order valence-corrected chi connectivity index (χ3v) is 5.09. The van der Waals surface area contributed by atoms with Crippen LogP contribution < -0.4 is 5.32 Å². The van der Waals surface area contributed by atoms with Gasteiger partial charge < -0.3 is 5.32 Å². The molecule has 1 N–H and O–H groups in total. The molecule has 0 aromatic carbocycles. The smallest absolute Gasteiger partial charge is 0.146 e. The van der Waals surface area contributed by atoms with Gasteiger partial charge in [0.15, 0.2) is 0 Å². The number of thioether (sulfide) groups is 1. The summed E-state index contributed by atoms with van der Waals surface area (Å²) >= 11 is 7.98. The lowest BCUT2D eigenvalue weighted by atomic mass is 9.84. The van der Waals surface area contributed by atoms with Crippen LogP contribution in [0.5, 0.6) is 0 Å². The Bertz CT molecular complexity index is 446. The Labute approximate surface area is 111 Å². The number of rotatable bonds is 4. The van der Waals surface area contributed by atoms with E-state index in [0.717, 1.165) is 6.54 Å². The van der Waals surface area contributed by atoms with Crippen LogP contribution in [0.25, 0.3) is 0 Å². The summed E-state index contributed by atoms with van der Waals surface area (Å²) in [5.41, 5.74) is 0.468. The van der Waals surface area contributed by atoms with E-state index in [1.807, 2.05) is 11.8 Å². The summed E-state index contributed by atoms with van der Waals surface area (Å²) in [6, 6.07) is 3.68. The summed E-state index contributed by atoms with van der Waals surface area (Å²) in [6.07, 6.45) is 7.51. The highest BCUT2D eigenvalue weighted by molar-refractivity contribution is 8.00. The summed E-state index contributed by atoms with van der Waals surface area (Å²) in [5, 5.41) is 12.6. The maximum Gasteiger partial charge on any atom is 0.146 e. The zero-order valence-corrected chi connectivity index (χ0v) is 11.2. The first-order chi connectivity index (χ1) is 8.21. The molecule has 90 valence electrons. The van der Waals surface area contributed by atoms with E-state index in [1.54, 1.807) is 12.3 Å². The van der Waals surface area contributed by atoms with Crippen molar-refractivity contribution in [1.29, 1.82) is 5.26 Å². The van der Waals surface area contributed by atoms with Crippen molar-refractivity contribution < 1.29 is 0 Å².